The van der Waals surface area contributed by atoms with Gasteiger partial charge in [0, 0.05) is 11.1 Å². The predicted octanol–water partition coefficient (Wildman–Crippen LogP) is 5.54. The van der Waals surface area contributed by atoms with Gasteiger partial charge in [-0.1, -0.05) is 36.0 Å². The van der Waals surface area contributed by atoms with Crippen LogP contribution in [0.1, 0.15) is 12.6 Å². The summed E-state index contributed by atoms with van der Waals surface area (Å²) in [6.07, 6.45) is 0. The molecule has 0 aliphatic rings. The van der Waals surface area contributed by atoms with E-state index in [-0.39, 0.29) is 0 Å². The van der Waals surface area contributed by atoms with Gasteiger partial charge in [-0.3, -0.25) is 4.98 Å². The number of benzene rings is 2. The van der Waals surface area contributed by atoms with Crippen molar-refractivity contribution in [2.24, 2.45) is 0 Å². The van der Waals surface area contributed by atoms with E-state index in [0.29, 0.717) is 6.61 Å². The molecule has 0 amide bonds. The van der Waals surface area contributed by atoms with Gasteiger partial charge in [0.15, 0.2) is 4.34 Å². The first-order valence-corrected chi connectivity index (χ1v) is 9.63. The number of rotatable bonds is 5. The van der Waals surface area contributed by atoms with Crippen molar-refractivity contribution in [3.05, 3.63) is 60.3 Å². The molecule has 0 saturated heterocycles. The molecule has 0 bridgehead atoms. The van der Waals surface area contributed by atoms with Crippen LogP contribution in [0.3, 0.4) is 0 Å². The van der Waals surface area contributed by atoms with Gasteiger partial charge in [-0.15, -0.1) is 11.3 Å². The van der Waals surface area contributed by atoms with Crippen LogP contribution in [0, 0.1) is 0 Å². The summed E-state index contributed by atoms with van der Waals surface area (Å²) in [7, 11) is 0. The van der Waals surface area contributed by atoms with Crippen molar-refractivity contribution >= 4 is 44.2 Å². The Morgan fingerprint density at radius 2 is 1.92 bits per heavy atom. The minimum atomic E-state index is 0.680. The molecule has 0 saturated carbocycles. The van der Waals surface area contributed by atoms with Crippen molar-refractivity contribution in [1.29, 1.82) is 0 Å². The maximum Gasteiger partial charge on any atom is 0.151 e. The molecule has 4 aromatic rings. The number of thiazole rings is 1. The fourth-order valence-corrected chi connectivity index (χ4v) is 4.53. The Balaban J connectivity index is 1.52. The van der Waals surface area contributed by atoms with Crippen LogP contribution >= 0.6 is 23.1 Å². The van der Waals surface area contributed by atoms with E-state index in [9.17, 15) is 0 Å². The third kappa shape index (κ3) is 3.23. The Kier molecular flexibility index (Phi) is 4.36. The summed E-state index contributed by atoms with van der Waals surface area (Å²) >= 11 is 3.44. The number of ether oxygens (including phenoxy) is 1. The lowest BCUT2D eigenvalue weighted by Gasteiger charge is -2.01. The molecule has 0 unspecified atom stereocenters. The van der Waals surface area contributed by atoms with Gasteiger partial charge in [-0.05, 0) is 37.3 Å². The first-order valence-electron chi connectivity index (χ1n) is 7.83. The van der Waals surface area contributed by atoms with Crippen LogP contribution < -0.4 is 4.74 Å². The molecule has 5 heteroatoms. The van der Waals surface area contributed by atoms with Gasteiger partial charge < -0.3 is 4.74 Å². The second kappa shape index (κ2) is 6.79. The zero-order valence-corrected chi connectivity index (χ0v) is 14.9. The Labute approximate surface area is 148 Å². The van der Waals surface area contributed by atoms with Crippen molar-refractivity contribution in [3.8, 4) is 5.75 Å². The highest BCUT2D eigenvalue weighted by atomic mass is 32.2. The molecule has 4 rings (SSSR count). The summed E-state index contributed by atoms with van der Waals surface area (Å²) in [5.74, 6) is 1.73. The van der Waals surface area contributed by atoms with E-state index in [4.69, 9.17) is 9.72 Å². The lowest BCUT2D eigenvalue weighted by atomic mass is 10.2. The minimum absolute atomic E-state index is 0.680. The van der Waals surface area contributed by atoms with Gasteiger partial charge >= 0.3 is 0 Å². The van der Waals surface area contributed by atoms with Gasteiger partial charge in [0.05, 0.1) is 28.0 Å². The number of hydrogen-bond donors (Lipinski definition) is 0. The Morgan fingerprint density at radius 3 is 2.83 bits per heavy atom. The van der Waals surface area contributed by atoms with E-state index < -0.39 is 0 Å². The fourth-order valence-electron chi connectivity index (χ4n) is 2.53. The summed E-state index contributed by atoms with van der Waals surface area (Å²) in [4.78, 5) is 9.41. The minimum Gasteiger partial charge on any atom is -0.494 e. The average Bonchev–Trinajstić information content (AvgIpc) is 3.02. The molecule has 0 aliphatic carbocycles. The van der Waals surface area contributed by atoms with Crippen molar-refractivity contribution in [3.63, 3.8) is 0 Å². The van der Waals surface area contributed by atoms with Gasteiger partial charge in [0.2, 0.25) is 0 Å². The van der Waals surface area contributed by atoms with E-state index in [2.05, 4.69) is 35.3 Å². The monoisotopic (exact) mass is 352 g/mol. The standard InChI is InChI=1S/C19H16N2OS2/c1-2-22-15-9-10-17-18(11-15)24-19(21-17)23-12-14-8-7-13-5-3-4-6-16(13)20-14/h3-11H,2,12H2,1H3. The highest BCUT2D eigenvalue weighted by molar-refractivity contribution is 8.00. The number of nitrogens with zero attached hydrogens (tertiary/aromatic N) is 2. The number of pyridine rings is 1. The average molecular weight is 352 g/mol. The number of para-hydroxylation sites is 1. The van der Waals surface area contributed by atoms with Gasteiger partial charge in [-0.25, -0.2) is 4.98 Å². The Hall–Kier alpha value is -2.11. The van der Waals surface area contributed by atoms with Crippen LogP contribution in [0.2, 0.25) is 0 Å². The number of aromatic nitrogens is 2. The maximum atomic E-state index is 5.56. The topological polar surface area (TPSA) is 35.0 Å². The van der Waals surface area contributed by atoms with Crippen LogP contribution in [0.5, 0.6) is 5.75 Å². The van der Waals surface area contributed by atoms with Crippen molar-refractivity contribution in [1.82, 2.24) is 9.97 Å². The van der Waals surface area contributed by atoms with Crippen LogP contribution in [-0.2, 0) is 5.75 Å². The quantitative estimate of drug-likeness (QED) is 0.442. The molecule has 0 aliphatic heterocycles. The normalized spacial score (nSPS) is 11.2. The molecule has 0 spiro atoms. The third-order valence-corrected chi connectivity index (χ3v) is 5.85. The highest BCUT2D eigenvalue weighted by Crippen LogP contribution is 2.33. The SMILES string of the molecule is CCOc1ccc2nc(SCc3ccc4ccccc4n3)sc2c1. The first kappa shape index (κ1) is 15.4. The van der Waals surface area contributed by atoms with Gasteiger partial charge in [0.1, 0.15) is 5.75 Å². The summed E-state index contributed by atoms with van der Waals surface area (Å²) < 4.78 is 7.78. The Morgan fingerprint density at radius 1 is 1.00 bits per heavy atom. The summed E-state index contributed by atoms with van der Waals surface area (Å²) in [5, 5.41) is 1.18. The van der Waals surface area contributed by atoms with E-state index >= 15 is 0 Å². The molecule has 2 aromatic carbocycles. The fraction of sp³-hybridized carbons (Fsp3) is 0.158. The molecule has 0 N–H and O–H groups in total. The molecule has 0 fully saturated rings. The molecule has 0 atom stereocenters. The highest BCUT2D eigenvalue weighted by Gasteiger charge is 2.07. The van der Waals surface area contributed by atoms with Crippen LogP contribution in [0.4, 0.5) is 0 Å². The molecular weight excluding hydrogens is 336 g/mol. The smallest absolute Gasteiger partial charge is 0.151 e. The van der Waals surface area contributed by atoms with Crippen LogP contribution in [0.25, 0.3) is 21.1 Å². The summed E-state index contributed by atoms with van der Waals surface area (Å²) in [6.45, 7) is 2.67. The van der Waals surface area contributed by atoms with E-state index in [1.54, 1.807) is 23.1 Å². The summed E-state index contributed by atoms with van der Waals surface area (Å²) in [5.41, 5.74) is 3.15. The number of fused-ring (bicyclic) bond motifs is 2. The van der Waals surface area contributed by atoms with Crippen molar-refractivity contribution < 1.29 is 4.74 Å². The number of thioether (sulfide) groups is 1. The molecular formula is C19H16N2OS2. The predicted molar refractivity (Wildman–Crippen MR) is 102 cm³/mol. The second-order valence-corrected chi connectivity index (χ2v) is 7.58. The molecule has 0 radical (unpaired) electrons. The zero-order chi connectivity index (χ0) is 16.4. The van der Waals surface area contributed by atoms with Crippen molar-refractivity contribution in [2.75, 3.05) is 6.61 Å². The maximum absolute atomic E-state index is 5.56. The van der Waals surface area contributed by atoms with E-state index in [0.717, 1.165) is 37.3 Å². The largest absolute Gasteiger partial charge is 0.494 e. The van der Waals surface area contributed by atoms with Gasteiger partial charge in [-0.2, -0.15) is 0 Å². The van der Waals surface area contributed by atoms with Crippen LogP contribution in [-0.4, -0.2) is 16.6 Å². The molecule has 24 heavy (non-hydrogen) atoms. The lowest BCUT2D eigenvalue weighted by molar-refractivity contribution is 0.341. The Bertz CT molecular complexity index is 997. The van der Waals surface area contributed by atoms with E-state index in [1.807, 2.05) is 31.2 Å². The van der Waals surface area contributed by atoms with E-state index in [1.165, 1.54) is 5.39 Å². The molecule has 120 valence electrons. The van der Waals surface area contributed by atoms with Gasteiger partial charge in [0.25, 0.3) is 0 Å². The second-order valence-electron chi connectivity index (χ2n) is 5.33. The molecule has 2 heterocycles. The number of hydrogen-bond acceptors (Lipinski definition) is 5. The lowest BCUT2D eigenvalue weighted by Crippen LogP contribution is -1.89. The third-order valence-electron chi connectivity index (χ3n) is 3.65. The van der Waals surface area contributed by atoms with Crippen LogP contribution in [0.15, 0.2) is 58.9 Å². The molecule has 2 aromatic heterocycles. The first-order chi connectivity index (χ1) is 11.8. The zero-order valence-electron chi connectivity index (χ0n) is 13.2. The van der Waals surface area contributed by atoms with Crippen molar-refractivity contribution in [2.45, 2.75) is 17.0 Å². The summed E-state index contributed by atoms with van der Waals surface area (Å²) in [6, 6.07) is 18.5. The molecule has 3 nitrogen and oxygen atoms in total.